The highest BCUT2D eigenvalue weighted by atomic mass is 35.5. The van der Waals surface area contributed by atoms with Crippen LogP contribution >= 0.6 is 11.6 Å². The van der Waals surface area contributed by atoms with Gasteiger partial charge in [0.25, 0.3) is 0 Å². The number of rotatable bonds is 5. The first-order valence-corrected chi connectivity index (χ1v) is 6.14. The van der Waals surface area contributed by atoms with Gasteiger partial charge in [0.2, 0.25) is 0 Å². The molecule has 96 valence electrons. The van der Waals surface area contributed by atoms with Gasteiger partial charge in [-0.05, 0) is 43.0 Å². The van der Waals surface area contributed by atoms with E-state index in [1.165, 1.54) is 0 Å². The van der Waals surface area contributed by atoms with Crippen LogP contribution in [0.4, 0.5) is 0 Å². The summed E-state index contributed by atoms with van der Waals surface area (Å²) in [6.07, 6.45) is 2.58. The van der Waals surface area contributed by atoms with Gasteiger partial charge in [-0.3, -0.25) is 0 Å². The Kier molecular flexibility index (Phi) is 4.15. The minimum absolute atomic E-state index is 0.729. The summed E-state index contributed by atoms with van der Waals surface area (Å²) in [6.45, 7) is 1.99. The lowest BCUT2D eigenvalue weighted by Gasteiger charge is -2.11. The molecule has 0 unspecified atom stereocenters. The number of nitrogens with one attached hydrogen (secondary N) is 1. The second-order valence-electron chi connectivity index (χ2n) is 4.10. The molecule has 0 saturated carbocycles. The van der Waals surface area contributed by atoms with Crippen LogP contribution in [0, 0.1) is 6.92 Å². The molecule has 18 heavy (non-hydrogen) atoms. The second-order valence-corrected chi connectivity index (χ2v) is 4.53. The molecule has 2 aromatic rings. The standard InChI is InChI=1S/C12H15ClN4O/c1-8-6-10(13)7-9(12(8)18-2)4-3-5-11-14-16-17-15-11/h6-7H,3-5H2,1-2H3,(H,14,15,16,17). The van der Waals surface area contributed by atoms with E-state index in [0.717, 1.165) is 47.0 Å². The van der Waals surface area contributed by atoms with Crippen LogP contribution < -0.4 is 4.74 Å². The van der Waals surface area contributed by atoms with E-state index in [1.54, 1.807) is 7.11 Å². The predicted octanol–water partition coefficient (Wildman–Crippen LogP) is 2.35. The Morgan fingerprint density at radius 2 is 2.17 bits per heavy atom. The monoisotopic (exact) mass is 266 g/mol. The maximum atomic E-state index is 6.06. The van der Waals surface area contributed by atoms with E-state index in [9.17, 15) is 0 Å². The fraction of sp³-hybridized carbons (Fsp3) is 0.417. The van der Waals surface area contributed by atoms with Gasteiger partial charge in [0.05, 0.1) is 7.11 Å². The number of halogens is 1. The normalized spacial score (nSPS) is 10.6. The average molecular weight is 267 g/mol. The fourth-order valence-corrected chi connectivity index (χ4v) is 2.30. The van der Waals surface area contributed by atoms with E-state index in [1.807, 2.05) is 19.1 Å². The molecule has 1 aromatic carbocycles. The number of benzene rings is 1. The Morgan fingerprint density at radius 1 is 1.33 bits per heavy atom. The van der Waals surface area contributed by atoms with Crippen LogP contribution in [0.25, 0.3) is 0 Å². The molecule has 0 spiro atoms. The van der Waals surface area contributed by atoms with Crippen molar-refractivity contribution in [1.82, 2.24) is 20.6 Å². The molecule has 0 bridgehead atoms. The molecule has 1 N–H and O–H groups in total. The van der Waals surface area contributed by atoms with Crippen molar-refractivity contribution >= 4 is 11.6 Å². The molecule has 0 amide bonds. The zero-order valence-corrected chi connectivity index (χ0v) is 11.2. The maximum Gasteiger partial charge on any atom is 0.174 e. The Balaban J connectivity index is 2.04. The fourth-order valence-electron chi connectivity index (χ4n) is 2.00. The molecule has 0 aliphatic heterocycles. The van der Waals surface area contributed by atoms with Gasteiger partial charge in [-0.1, -0.05) is 16.8 Å². The van der Waals surface area contributed by atoms with E-state index in [-0.39, 0.29) is 0 Å². The number of tetrazole rings is 1. The topological polar surface area (TPSA) is 63.7 Å². The Labute approximate surface area is 111 Å². The quantitative estimate of drug-likeness (QED) is 0.902. The van der Waals surface area contributed by atoms with Crippen molar-refractivity contribution in [3.8, 4) is 5.75 Å². The first kappa shape index (κ1) is 12.8. The third-order valence-corrected chi connectivity index (χ3v) is 2.97. The molecular formula is C12H15ClN4O. The number of nitrogens with zero attached hydrogens (tertiary/aromatic N) is 3. The maximum absolute atomic E-state index is 6.06. The molecular weight excluding hydrogens is 252 g/mol. The molecule has 0 aliphatic rings. The van der Waals surface area contributed by atoms with Gasteiger partial charge in [-0.15, -0.1) is 10.2 Å². The highest BCUT2D eigenvalue weighted by molar-refractivity contribution is 6.30. The molecule has 2 rings (SSSR count). The molecule has 0 fully saturated rings. The highest BCUT2D eigenvalue weighted by Crippen LogP contribution is 2.28. The summed E-state index contributed by atoms with van der Waals surface area (Å²) in [5.41, 5.74) is 2.17. The van der Waals surface area contributed by atoms with Gasteiger partial charge < -0.3 is 4.74 Å². The molecule has 0 radical (unpaired) electrons. The first-order valence-electron chi connectivity index (χ1n) is 5.76. The number of hydrogen-bond donors (Lipinski definition) is 1. The SMILES string of the molecule is COc1c(C)cc(Cl)cc1CCCc1nn[nH]n1. The summed E-state index contributed by atoms with van der Waals surface area (Å²) in [5, 5.41) is 14.6. The van der Waals surface area contributed by atoms with Crippen molar-refractivity contribution in [2.24, 2.45) is 0 Å². The molecule has 1 aromatic heterocycles. The van der Waals surface area contributed by atoms with Gasteiger partial charge >= 0.3 is 0 Å². The van der Waals surface area contributed by atoms with Crippen LogP contribution in [0.3, 0.4) is 0 Å². The van der Waals surface area contributed by atoms with Crippen LogP contribution in [-0.4, -0.2) is 27.7 Å². The van der Waals surface area contributed by atoms with E-state index in [0.29, 0.717) is 0 Å². The molecule has 0 aliphatic carbocycles. The number of hydrogen-bond acceptors (Lipinski definition) is 4. The Bertz CT molecular complexity index is 513. The second kappa shape index (κ2) is 5.82. The van der Waals surface area contributed by atoms with Crippen LogP contribution in [0.15, 0.2) is 12.1 Å². The summed E-state index contributed by atoms with van der Waals surface area (Å²) in [4.78, 5) is 0. The van der Waals surface area contributed by atoms with Crippen molar-refractivity contribution < 1.29 is 4.74 Å². The third kappa shape index (κ3) is 2.98. The molecule has 5 nitrogen and oxygen atoms in total. The highest BCUT2D eigenvalue weighted by Gasteiger charge is 2.08. The van der Waals surface area contributed by atoms with E-state index < -0.39 is 0 Å². The van der Waals surface area contributed by atoms with Crippen LogP contribution in [-0.2, 0) is 12.8 Å². The van der Waals surface area contributed by atoms with E-state index in [4.69, 9.17) is 16.3 Å². The smallest absolute Gasteiger partial charge is 0.174 e. The van der Waals surface area contributed by atoms with Crippen LogP contribution in [0.5, 0.6) is 5.75 Å². The molecule has 0 atom stereocenters. The lowest BCUT2D eigenvalue weighted by molar-refractivity contribution is 0.406. The minimum Gasteiger partial charge on any atom is -0.496 e. The number of ether oxygens (including phenoxy) is 1. The minimum atomic E-state index is 0.729. The van der Waals surface area contributed by atoms with E-state index in [2.05, 4.69) is 20.6 Å². The van der Waals surface area contributed by atoms with E-state index >= 15 is 0 Å². The van der Waals surface area contributed by atoms with Gasteiger partial charge in [-0.2, -0.15) is 5.21 Å². The van der Waals surface area contributed by atoms with Crippen molar-refractivity contribution in [1.29, 1.82) is 0 Å². The lowest BCUT2D eigenvalue weighted by Crippen LogP contribution is -1.97. The number of H-pyrrole nitrogens is 1. The molecule has 6 heteroatoms. The average Bonchev–Trinajstić information content (AvgIpc) is 2.81. The van der Waals surface area contributed by atoms with Gasteiger partial charge in [0, 0.05) is 11.4 Å². The van der Waals surface area contributed by atoms with Crippen LogP contribution in [0.1, 0.15) is 23.4 Å². The largest absolute Gasteiger partial charge is 0.496 e. The first-order chi connectivity index (χ1) is 8.70. The zero-order chi connectivity index (χ0) is 13.0. The summed E-state index contributed by atoms with van der Waals surface area (Å²) in [7, 11) is 1.68. The zero-order valence-electron chi connectivity index (χ0n) is 10.4. The van der Waals surface area contributed by atoms with Crippen molar-refractivity contribution in [3.05, 3.63) is 34.1 Å². The number of aryl methyl sites for hydroxylation is 3. The molecule has 0 saturated heterocycles. The molecule has 1 heterocycles. The predicted molar refractivity (Wildman–Crippen MR) is 68.9 cm³/mol. The van der Waals surface area contributed by atoms with Gasteiger partial charge in [0.1, 0.15) is 5.75 Å². The van der Waals surface area contributed by atoms with Crippen molar-refractivity contribution in [2.45, 2.75) is 26.2 Å². The number of aromatic amines is 1. The summed E-state index contributed by atoms with van der Waals surface area (Å²) in [5.74, 6) is 1.64. The summed E-state index contributed by atoms with van der Waals surface area (Å²) >= 11 is 6.06. The summed E-state index contributed by atoms with van der Waals surface area (Å²) in [6, 6.07) is 3.85. The third-order valence-electron chi connectivity index (χ3n) is 2.76. The Hall–Kier alpha value is -1.62. The van der Waals surface area contributed by atoms with Gasteiger partial charge in [-0.25, -0.2) is 0 Å². The van der Waals surface area contributed by atoms with Crippen molar-refractivity contribution in [3.63, 3.8) is 0 Å². The lowest BCUT2D eigenvalue weighted by atomic mass is 10.0. The van der Waals surface area contributed by atoms with Gasteiger partial charge in [0.15, 0.2) is 5.82 Å². The number of aromatic nitrogens is 4. The summed E-state index contributed by atoms with van der Waals surface area (Å²) < 4.78 is 5.41. The number of methoxy groups -OCH3 is 1. The van der Waals surface area contributed by atoms with Crippen molar-refractivity contribution in [2.75, 3.05) is 7.11 Å². The van der Waals surface area contributed by atoms with Crippen LogP contribution in [0.2, 0.25) is 5.02 Å². The Morgan fingerprint density at radius 3 is 2.83 bits per heavy atom.